The highest BCUT2D eigenvalue weighted by Crippen LogP contribution is 2.23. The molecule has 0 radical (unpaired) electrons. The second kappa shape index (κ2) is 8.29. The summed E-state index contributed by atoms with van der Waals surface area (Å²) in [6.07, 6.45) is 0.510. The highest BCUT2D eigenvalue weighted by molar-refractivity contribution is 6.30. The second-order valence-corrected chi connectivity index (χ2v) is 6.31. The average Bonchev–Trinajstić information content (AvgIpc) is 2.62. The standard InChI is InChI=1S/C19H21ClN2O2/c20-16-8-6-15(7-9-16)18-14-22(12-13-24-18)11-10-19(23)21-17-4-2-1-3-5-17/h1-9,18H,10-14H2,(H,21,23). The van der Waals surface area contributed by atoms with Crippen LogP contribution in [-0.4, -0.2) is 37.0 Å². The van der Waals surface area contributed by atoms with Crippen molar-refractivity contribution >= 4 is 23.2 Å². The fourth-order valence-corrected chi connectivity index (χ4v) is 2.92. The molecule has 3 rings (SSSR count). The summed E-state index contributed by atoms with van der Waals surface area (Å²) in [5.74, 6) is 0.0377. The lowest BCUT2D eigenvalue weighted by atomic mass is 10.1. The average molecular weight is 345 g/mol. The van der Waals surface area contributed by atoms with Crippen molar-refractivity contribution in [3.05, 3.63) is 65.2 Å². The van der Waals surface area contributed by atoms with Crippen LogP contribution >= 0.6 is 11.6 Å². The van der Waals surface area contributed by atoms with Gasteiger partial charge in [0.05, 0.1) is 12.7 Å². The van der Waals surface area contributed by atoms with Crippen molar-refractivity contribution < 1.29 is 9.53 Å². The molecule has 2 aromatic rings. The van der Waals surface area contributed by atoms with Gasteiger partial charge in [-0.25, -0.2) is 0 Å². The van der Waals surface area contributed by atoms with Gasteiger partial charge in [-0.3, -0.25) is 9.69 Å². The maximum absolute atomic E-state index is 12.1. The lowest BCUT2D eigenvalue weighted by Gasteiger charge is -2.33. The zero-order chi connectivity index (χ0) is 16.8. The molecular formula is C19H21ClN2O2. The molecule has 2 aromatic carbocycles. The molecule has 0 aliphatic carbocycles. The third kappa shape index (κ3) is 4.81. The highest BCUT2D eigenvalue weighted by atomic mass is 35.5. The van der Waals surface area contributed by atoms with E-state index in [2.05, 4.69) is 10.2 Å². The quantitative estimate of drug-likeness (QED) is 0.898. The lowest BCUT2D eigenvalue weighted by Crippen LogP contribution is -2.39. The number of hydrogen-bond donors (Lipinski definition) is 1. The van der Waals surface area contributed by atoms with Crippen LogP contribution in [-0.2, 0) is 9.53 Å². The van der Waals surface area contributed by atoms with Gasteiger partial charge in [0.15, 0.2) is 0 Å². The Hall–Kier alpha value is -1.88. The Labute approximate surface area is 147 Å². The number of nitrogens with zero attached hydrogens (tertiary/aromatic N) is 1. The second-order valence-electron chi connectivity index (χ2n) is 5.88. The van der Waals surface area contributed by atoms with Crippen molar-refractivity contribution in [2.24, 2.45) is 0 Å². The van der Waals surface area contributed by atoms with Crippen molar-refractivity contribution in [1.29, 1.82) is 0 Å². The van der Waals surface area contributed by atoms with Gasteiger partial charge in [-0.15, -0.1) is 0 Å². The lowest BCUT2D eigenvalue weighted by molar-refractivity contribution is -0.117. The van der Waals surface area contributed by atoms with Crippen molar-refractivity contribution in [1.82, 2.24) is 4.90 Å². The predicted molar refractivity (Wildman–Crippen MR) is 96.3 cm³/mol. The van der Waals surface area contributed by atoms with Crippen LogP contribution in [0.4, 0.5) is 5.69 Å². The molecule has 1 aliphatic heterocycles. The number of amides is 1. The third-order valence-electron chi connectivity index (χ3n) is 4.11. The molecule has 5 heteroatoms. The number of para-hydroxylation sites is 1. The van der Waals surface area contributed by atoms with Crippen LogP contribution in [0.15, 0.2) is 54.6 Å². The third-order valence-corrected chi connectivity index (χ3v) is 4.36. The predicted octanol–water partition coefficient (Wildman–Crippen LogP) is 3.74. The molecule has 1 N–H and O–H groups in total. The first kappa shape index (κ1) is 17.0. The van der Waals surface area contributed by atoms with Crippen LogP contribution in [0.1, 0.15) is 18.1 Å². The maximum Gasteiger partial charge on any atom is 0.225 e. The molecule has 1 aliphatic rings. The summed E-state index contributed by atoms with van der Waals surface area (Å²) in [6.45, 7) is 3.04. The SMILES string of the molecule is O=C(CCN1CCOC(c2ccc(Cl)cc2)C1)Nc1ccccc1. The van der Waals surface area contributed by atoms with E-state index in [4.69, 9.17) is 16.3 Å². The summed E-state index contributed by atoms with van der Waals surface area (Å²) >= 11 is 5.93. The van der Waals surface area contributed by atoms with Crippen LogP contribution in [0.2, 0.25) is 5.02 Å². The molecule has 1 unspecified atom stereocenters. The minimum Gasteiger partial charge on any atom is -0.371 e. The Morgan fingerprint density at radius 2 is 1.92 bits per heavy atom. The fourth-order valence-electron chi connectivity index (χ4n) is 2.79. The summed E-state index contributed by atoms with van der Waals surface area (Å²) in [5.41, 5.74) is 1.96. The van der Waals surface area contributed by atoms with Gasteiger partial charge in [-0.1, -0.05) is 41.9 Å². The molecule has 1 fully saturated rings. The van der Waals surface area contributed by atoms with E-state index in [0.29, 0.717) is 13.0 Å². The van der Waals surface area contributed by atoms with E-state index in [1.54, 1.807) is 0 Å². The Morgan fingerprint density at radius 3 is 2.67 bits per heavy atom. The molecule has 1 heterocycles. The number of ether oxygens (including phenoxy) is 1. The van der Waals surface area contributed by atoms with Crippen molar-refractivity contribution in [2.75, 3.05) is 31.6 Å². The summed E-state index contributed by atoms with van der Waals surface area (Å²) in [7, 11) is 0. The van der Waals surface area contributed by atoms with Gasteiger partial charge in [0.2, 0.25) is 5.91 Å². The zero-order valence-corrected chi connectivity index (χ0v) is 14.2. The number of halogens is 1. The van der Waals surface area contributed by atoms with Gasteiger partial charge in [0, 0.05) is 36.8 Å². The number of nitrogens with one attached hydrogen (secondary N) is 1. The molecule has 1 atom stereocenters. The van der Waals surface area contributed by atoms with Crippen LogP contribution in [0, 0.1) is 0 Å². The van der Waals surface area contributed by atoms with Gasteiger partial charge < -0.3 is 10.1 Å². The topological polar surface area (TPSA) is 41.6 Å². The summed E-state index contributed by atoms with van der Waals surface area (Å²) in [4.78, 5) is 14.3. The molecule has 0 aromatic heterocycles. The van der Waals surface area contributed by atoms with E-state index in [0.717, 1.165) is 35.9 Å². The molecule has 24 heavy (non-hydrogen) atoms. The van der Waals surface area contributed by atoms with Gasteiger partial charge in [0.25, 0.3) is 0 Å². The fraction of sp³-hybridized carbons (Fsp3) is 0.316. The van der Waals surface area contributed by atoms with Crippen LogP contribution in [0.3, 0.4) is 0 Å². The molecule has 0 saturated carbocycles. The van der Waals surface area contributed by atoms with Gasteiger partial charge in [0.1, 0.15) is 0 Å². The van der Waals surface area contributed by atoms with E-state index < -0.39 is 0 Å². The Balaban J connectivity index is 1.48. The molecule has 1 saturated heterocycles. The normalized spacial score (nSPS) is 18.3. The molecule has 0 spiro atoms. The number of benzene rings is 2. The molecular weight excluding hydrogens is 324 g/mol. The maximum atomic E-state index is 12.1. The summed E-state index contributed by atoms with van der Waals surface area (Å²) in [5, 5.41) is 3.65. The number of morpholine rings is 1. The smallest absolute Gasteiger partial charge is 0.225 e. The first-order chi connectivity index (χ1) is 11.7. The Morgan fingerprint density at radius 1 is 1.17 bits per heavy atom. The van der Waals surface area contributed by atoms with Crippen molar-refractivity contribution in [2.45, 2.75) is 12.5 Å². The molecule has 4 nitrogen and oxygen atoms in total. The summed E-state index contributed by atoms with van der Waals surface area (Å²) < 4.78 is 5.85. The number of carbonyl (C=O) groups excluding carboxylic acids is 1. The first-order valence-corrected chi connectivity index (χ1v) is 8.53. The van der Waals surface area contributed by atoms with Crippen molar-refractivity contribution in [3.63, 3.8) is 0 Å². The van der Waals surface area contributed by atoms with E-state index in [1.807, 2.05) is 54.6 Å². The number of carbonyl (C=O) groups is 1. The molecule has 126 valence electrons. The number of hydrogen-bond acceptors (Lipinski definition) is 3. The monoisotopic (exact) mass is 344 g/mol. The minimum atomic E-state index is 0.0354. The molecule has 0 bridgehead atoms. The Bertz CT molecular complexity index is 661. The van der Waals surface area contributed by atoms with E-state index in [-0.39, 0.29) is 12.0 Å². The van der Waals surface area contributed by atoms with Gasteiger partial charge >= 0.3 is 0 Å². The Kier molecular flexibility index (Phi) is 5.86. The van der Waals surface area contributed by atoms with Crippen LogP contribution in [0.25, 0.3) is 0 Å². The minimum absolute atomic E-state index is 0.0354. The largest absolute Gasteiger partial charge is 0.371 e. The zero-order valence-electron chi connectivity index (χ0n) is 13.5. The van der Waals surface area contributed by atoms with Gasteiger partial charge in [-0.05, 0) is 29.8 Å². The van der Waals surface area contributed by atoms with Gasteiger partial charge in [-0.2, -0.15) is 0 Å². The van der Waals surface area contributed by atoms with Crippen molar-refractivity contribution in [3.8, 4) is 0 Å². The van der Waals surface area contributed by atoms with E-state index in [9.17, 15) is 4.79 Å². The summed E-state index contributed by atoms with van der Waals surface area (Å²) in [6, 6.07) is 17.3. The van der Waals surface area contributed by atoms with E-state index in [1.165, 1.54) is 0 Å². The van der Waals surface area contributed by atoms with Crippen LogP contribution < -0.4 is 5.32 Å². The molecule has 1 amide bonds. The highest BCUT2D eigenvalue weighted by Gasteiger charge is 2.22. The first-order valence-electron chi connectivity index (χ1n) is 8.15. The number of anilines is 1. The number of rotatable bonds is 5. The van der Waals surface area contributed by atoms with Crippen LogP contribution in [0.5, 0.6) is 0 Å². The van der Waals surface area contributed by atoms with E-state index >= 15 is 0 Å².